The molecule has 2 N–H and O–H groups in total. The number of halogens is 1. The van der Waals surface area contributed by atoms with E-state index in [1.165, 1.54) is 18.3 Å². The molecular formula is C10H10ClN3O2S. The minimum absolute atomic E-state index is 0.173. The number of hydrogen-bond donors (Lipinski definition) is 2. The van der Waals surface area contributed by atoms with Gasteiger partial charge in [0.05, 0.1) is 11.4 Å². The molecule has 0 aliphatic heterocycles. The normalized spacial score (nSPS) is 11.4. The summed E-state index contributed by atoms with van der Waals surface area (Å²) < 4.78 is 26.3. The van der Waals surface area contributed by atoms with Crippen molar-refractivity contribution in [3.63, 3.8) is 0 Å². The third-order valence-corrected chi connectivity index (χ3v) is 3.75. The Bertz CT molecular complexity index is 623. The minimum atomic E-state index is -3.57. The Labute approximate surface area is 104 Å². The Morgan fingerprint density at radius 2 is 2.12 bits per heavy atom. The van der Waals surface area contributed by atoms with Gasteiger partial charge < -0.3 is 4.98 Å². The predicted molar refractivity (Wildman–Crippen MR) is 65.6 cm³/mol. The molecule has 2 rings (SSSR count). The van der Waals surface area contributed by atoms with Crippen LogP contribution in [0.1, 0.15) is 5.69 Å². The SMILES string of the molecule is Cc1nc(Cl)ccc1NS(=O)(=O)c1cc[nH]c1. The van der Waals surface area contributed by atoms with Crippen LogP contribution < -0.4 is 4.72 Å². The summed E-state index contributed by atoms with van der Waals surface area (Å²) in [6.45, 7) is 1.68. The average molecular weight is 272 g/mol. The fourth-order valence-electron chi connectivity index (χ4n) is 1.32. The van der Waals surface area contributed by atoms with E-state index in [9.17, 15) is 8.42 Å². The van der Waals surface area contributed by atoms with Crippen molar-refractivity contribution in [2.45, 2.75) is 11.8 Å². The third-order valence-electron chi connectivity index (χ3n) is 2.18. The van der Waals surface area contributed by atoms with E-state index >= 15 is 0 Å². The van der Waals surface area contributed by atoms with Crippen molar-refractivity contribution in [1.29, 1.82) is 0 Å². The van der Waals surface area contributed by atoms with Crippen LogP contribution in [0.15, 0.2) is 35.5 Å². The van der Waals surface area contributed by atoms with Gasteiger partial charge in [0.25, 0.3) is 10.0 Å². The van der Waals surface area contributed by atoms with Crippen LogP contribution in [0.5, 0.6) is 0 Å². The Kier molecular flexibility index (Phi) is 3.08. The lowest BCUT2D eigenvalue weighted by Gasteiger charge is -2.08. The van der Waals surface area contributed by atoms with Gasteiger partial charge in [0.1, 0.15) is 10.0 Å². The number of nitrogens with zero attached hydrogens (tertiary/aromatic N) is 1. The van der Waals surface area contributed by atoms with E-state index in [1.807, 2.05) is 0 Å². The Balaban J connectivity index is 2.33. The first-order valence-electron chi connectivity index (χ1n) is 4.78. The highest BCUT2D eigenvalue weighted by Crippen LogP contribution is 2.19. The van der Waals surface area contributed by atoms with Crippen LogP contribution >= 0.6 is 11.6 Å². The van der Waals surface area contributed by atoms with Crippen molar-refractivity contribution >= 4 is 27.3 Å². The van der Waals surface area contributed by atoms with Gasteiger partial charge in [0, 0.05) is 12.4 Å². The molecule has 7 heteroatoms. The zero-order valence-corrected chi connectivity index (χ0v) is 10.5. The molecule has 0 unspecified atom stereocenters. The fourth-order valence-corrected chi connectivity index (χ4v) is 2.60. The maximum Gasteiger partial charge on any atom is 0.263 e. The Morgan fingerprint density at radius 3 is 2.71 bits per heavy atom. The van der Waals surface area contributed by atoms with Crippen LogP contribution in [0, 0.1) is 6.92 Å². The van der Waals surface area contributed by atoms with Crippen molar-refractivity contribution in [3.8, 4) is 0 Å². The Morgan fingerprint density at radius 1 is 1.35 bits per heavy atom. The van der Waals surface area contributed by atoms with Gasteiger partial charge in [-0.1, -0.05) is 11.6 Å². The van der Waals surface area contributed by atoms with Crippen LogP contribution in [0.2, 0.25) is 5.15 Å². The number of anilines is 1. The molecule has 17 heavy (non-hydrogen) atoms. The van der Waals surface area contributed by atoms with Crippen molar-refractivity contribution in [2.75, 3.05) is 4.72 Å². The first-order chi connectivity index (χ1) is 7.99. The number of sulfonamides is 1. The molecule has 2 aromatic heterocycles. The summed E-state index contributed by atoms with van der Waals surface area (Å²) in [5.74, 6) is 0. The molecule has 0 saturated carbocycles. The molecule has 0 fully saturated rings. The third kappa shape index (κ3) is 2.59. The number of aromatic amines is 1. The molecule has 0 aliphatic rings. The summed E-state index contributed by atoms with van der Waals surface area (Å²) >= 11 is 5.69. The summed E-state index contributed by atoms with van der Waals surface area (Å²) in [5, 5.41) is 0.326. The number of rotatable bonds is 3. The first kappa shape index (κ1) is 11.9. The molecule has 90 valence electrons. The molecule has 0 aliphatic carbocycles. The summed E-state index contributed by atoms with van der Waals surface area (Å²) in [6, 6.07) is 4.58. The highest BCUT2D eigenvalue weighted by Gasteiger charge is 2.15. The lowest BCUT2D eigenvalue weighted by Crippen LogP contribution is -2.13. The number of nitrogens with one attached hydrogen (secondary N) is 2. The van der Waals surface area contributed by atoms with E-state index in [-0.39, 0.29) is 4.90 Å². The standard InChI is InChI=1S/C10H10ClN3O2S/c1-7-9(2-3-10(11)13-7)14-17(15,16)8-4-5-12-6-8/h2-6,12,14H,1H3. The number of H-pyrrole nitrogens is 1. The molecule has 0 spiro atoms. The van der Waals surface area contributed by atoms with Crippen LogP contribution in [0.25, 0.3) is 0 Å². The van der Waals surface area contributed by atoms with Crippen molar-refractivity contribution in [2.24, 2.45) is 0 Å². The zero-order valence-electron chi connectivity index (χ0n) is 8.94. The molecule has 0 bridgehead atoms. The largest absolute Gasteiger partial charge is 0.366 e. The second-order valence-corrected chi connectivity index (χ2v) is 5.49. The number of aryl methyl sites for hydroxylation is 1. The number of hydrogen-bond acceptors (Lipinski definition) is 3. The highest BCUT2D eigenvalue weighted by molar-refractivity contribution is 7.92. The van der Waals surface area contributed by atoms with E-state index in [4.69, 9.17) is 11.6 Å². The summed E-state index contributed by atoms with van der Waals surface area (Å²) in [4.78, 5) is 6.83. The molecular weight excluding hydrogens is 262 g/mol. The van der Waals surface area contributed by atoms with E-state index in [0.29, 0.717) is 16.5 Å². The summed E-state index contributed by atoms with van der Waals surface area (Å²) in [6.07, 6.45) is 2.95. The highest BCUT2D eigenvalue weighted by atomic mass is 35.5. The van der Waals surface area contributed by atoms with Crippen molar-refractivity contribution in [1.82, 2.24) is 9.97 Å². The first-order valence-corrected chi connectivity index (χ1v) is 6.64. The van der Waals surface area contributed by atoms with Crippen LogP contribution in [-0.4, -0.2) is 18.4 Å². The molecule has 0 atom stereocenters. The maximum absolute atomic E-state index is 11.9. The van der Waals surface area contributed by atoms with Crippen molar-refractivity contribution < 1.29 is 8.42 Å². The lowest BCUT2D eigenvalue weighted by molar-refractivity contribution is 0.601. The molecule has 2 aromatic rings. The number of aromatic nitrogens is 2. The quantitative estimate of drug-likeness (QED) is 0.840. The minimum Gasteiger partial charge on any atom is -0.366 e. The average Bonchev–Trinajstić information content (AvgIpc) is 2.76. The van der Waals surface area contributed by atoms with Gasteiger partial charge in [0.15, 0.2) is 0 Å². The second-order valence-electron chi connectivity index (χ2n) is 3.42. The van der Waals surface area contributed by atoms with Gasteiger partial charge in [-0.25, -0.2) is 13.4 Å². The maximum atomic E-state index is 11.9. The van der Waals surface area contributed by atoms with Gasteiger partial charge in [-0.05, 0) is 25.1 Å². The van der Waals surface area contributed by atoms with Crippen LogP contribution in [-0.2, 0) is 10.0 Å². The molecule has 0 radical (unpaired) electrons. The second kappa shape index (κ2) is 4.38. The van der Waals surface area contributed by atoms with Gasteiger partial charge in [-0.2, -0.15) is 0 Å². The summed E-state index contributed by atoms with van der Waals surface area (Å²) in [5.41, 5.74) is 0.937. The van der Waals surface area contributed by atoms with Gasteiger partial charge in [0.2, 0.25) is 0 Å². The predicted octanol–water partition coefficient (Wildman–Crippen LogP) is 2.17. The van der Waals surface area contributed by atoms with E-state index in [2.05, 4.69) is 14.7 Å². The van der Waals surface area contributed by atoms with Gasteiger partial charge in [-0.15, -0.1) is 0 Å². The van der Waals surface area contributed by atoms with E-state index < -0.39 is 10.0 Å². The van der Waals surface area contributed by atoms with E-state index in [0.717, 1.165) is 0 Å². The van der Waals surface area contributed by atoms with Crippen LogP contribution in [0.3, 0.4) is 0 Å². The van der Waals surface area contributed by atoms with Gasteiger partial charge >= 0.3 is 0 Å². The topological polar surface area (TPSA) is 74.8 Å². The van der Waals surface area contributed by atoms with Gasteiger partial charge in [-0.3, -0.25) is 4.72 Å². The molecule has 0 saturated heterocycles. The molecule has 0 aromatic carbocycles. The number of pyridine rings is 1. The smallest absolute Gasteiger partial charge is 0.263 e. The van der Waals surface area contributed by atoms with Crippen LogP contribution in [0.4, 0.5) is 5.69 Å². The molecule has 5 nitrogen and oxygen atoms in total. The fraction of sp³-hybridized carbons (Fsp3) is 0.100. The van der Waals surface area contributed by atoms with E-state index in [1.54, 1.807) is 19.2 Å². The Hall–Kier alpha value is -1.53. The monoisotopic (exact) mass is 271 g/mol. The lowest BCUT2D eigenvalue weighted by atomic mass is 10.3. The molecule has 0 amide bonds. The van der Waals surface area contributed by atoms with Crippen molar-refractivity contribution in [3.05, 3.63) is 41.4 Å². The summed E-state index contributed by atoms with van der Waals surface area (Å²) in [7, 11) is -3.57. The zero-order chi connectivity index (χ0) is 12.5. The molecule has 2 heterocycles.